The molecule has 2 heteroatoms. The SMILES string of the molecule is CCCCCCCc1ccc(-c2ccc(C#Cc3ccc(Cl)cc3F)cc2)cc1. The Bertz CT molecular complexity index is 976. The highest BCUT2D eigenvalue weighted by Crippen LogP contribution is 2.21. The van der Waals surface area contributed by atoms with Crippen molar-refractivity contribution in [3.05, 3.63) is 94.3 Å². The largest absolute Gasteiger partial charge is 0.206 e. The average Bonchev–Trinajstić information content (AvgIpc) is 2.74. The molecule has 3 aromatic carbocycles. The fourth-order valence-corrected chi connectivity index (χ4v) is 3.43. The van der Waals surface area contributed by atoms with E-state index in [2.05, 4.69) is 55.2 Å². The lowest BCUT2D eigenvalue weighted by molar-refractivity contribution is 0.624. The van der Waals surface area contributed by atoms with Gasteiger partial charge in [0.2, 0.25) is 0 Å². The van der Waals surface area contributed by atoms with E-state index in [0.29, 0.717) is 10.6 Å². The fraction of sp³-hybridized carbons (Fsp3) is 0.259. The lowest BCUT2D eigenvalue weighted by Gasteiger charge is -2.05. The number of halogens is 2. The molecule has 0 unspecified atom stereocenters. The minimum atomic E-state index is -0.396. The summed E-state index contributed by atoms with van der Waals surface area (Å²) in [7, 11) is 0. The lowest BCUT2D eigenvalue weighted by atomic mass is 10.00. The third-order valence-corrected chi connectivity index (χ3v) is 5.25. The van der Waals surface area contributed by atoms with Gasteiger partial charge in [0.1, 0.15) is 5.82 Å². The Morgan fingerprint density at radius 2 is 1.41 bits per heavy atom. The zero-order valence-corrected chi connectivity index (χ0v) is 17.6. The van der Waals surface area contributed by atoms with Crippen molar-refractivity contribution in [3.8, 4) is 23.0 Å². The summed E-state index contributed by atoms with van der Waals surface area (Å²) in [5.74, 6) is 5.49. The summed E-state index contributed by atoms with van der Waals surface area (Å²) in [6.07, 6.45) is 7.71. The first-order chi connectivity index (χ1) is 14.2. The molecule has 0 saturated carbocycles. The highest BCUT2D eigenvalue weighted by atomic mass is 35.5. The van der Waals surface area contributed by atoms with Crippen molar-refractivity contribution >= 4 is 11.6 Å². The van der Waals surface area contributed by atoms with Gasteiger partial charge in [-0.3, -0.25) is 0 Å². The van der Waals surface area contributed by atoms with Gasteiger partial charge in [0.25, 0.3) is 0 Å². The zero-order valence-electron chi connectivity index (χ0n) is 16.8. The Hall–Kier alpha value is -2.56. The van der Waals surface area contributed by atoms with Crippen LogP contribution in [0.2, 0.25) is 5.02 Å². The number of aryl methyl sites for hydroxylation is 1. The van der Waals surface area contributed by atoms with E-state index in [4.69, 9.17) is 11.6 Å². The van der Waals surface area contributed by atoms with Crippen LogP contribution >= 0.6 is 11.6 Å². The number of benzene rings is 3. The molecule has 0 aliphatic heterocycles. The lowest BCUT2D eigenvalue weighted by Crippen LogP contribution is -1.87. The molecule has 0 nitrogen and oxygen atoms in total. The molecule has 0 fully saturated rings. The fourth-order valence-electron chi connectivity index (χ4n) is 3.27. The predicted molar refractivity (Wildman–Crippen MR) is 122 cm³/mol. The molecule has 0 saturated heterocycles. The minimum Gasteiger partial charge on any atom is -0.206 e. The topological polar surface area (TPSA) is 0 Å². The summed E-state index contributed by atoms with van der Waals surface area (Å²) >= 11 is 5.77. The van der Waals surface area contributed by atoms with E-state index in [-0.39, 0.29) is 0 Å². The van der Waals surface area contributed by atoms with E-state index in [9.17, 15) is 4.39 Å². The van der Waals surface area contributed by atoms with Gasteiger partial charge in [0, 0.05) is 10.6 Å². The van der Waals surface area contributed by atoms with Crippen LogP contribution < -0.4 is 0 Å². The number of rotatable bonds is 7. The van der Waals surface area contributed by atoms with Crippen LogP contribution in [-0.2, 0) is 6.42 Å². The molecule has 0 bridgehead atoms. The van der Waals surface area contributed by atoms with Crippen molar-refractivity contribution in [2.24, 2.45) is 0 Å². The van der Waals surface area contributed by atoms with Crippen LogP contribution in [0.4, 0.5) is 4.39 Å². The second-order valence-electron chi connectivity index (χ2n) is 7.31. The van der Waals surface area contributed by atoms with Gasteiger partial charge in [-0.1, -0.05) is 92.4 Å². The quantitative estimate of drug-likeness (QED) is 0.276. The van der Waals surface area contributed by atoms with Gasteiger partial charge in [0.05, 0.1) is 5.56 Å². The van der Waals surface area contributed by atoms with Gasteiger partial charge in [-0.05, 0) is 59.9 Å². The number of unbranched alkanes of at least 4 members (excludes halogenated alkanes) is 4. The highest BCUT2D eigenvalue weighted by Gasteiger charge is 2.01. The molecule has 0 spiro atoms. The van der Waals surface area contributed by atoms with Crippen molar-refractivity contribution in [2.75, 3.05) is 0 Å². The van der Waals surface area contributed by atoms with E-state index in [1.54, 1.807) is 12.1 Å². The van der Waals surface area contributed by atoms with Crippen LogP contribution in [-0.4, -0.2) is 0 Å². The van der Waals surface area contributed by atoms with E-state index in [1.807, 2.05) is 12.1 Å². The van der Waals surface area contributed by atoms with E-state index in [1.165, 1.54) is 49.3 Å². The molecular formula is C27H26ClF. The molecule has 0 atom stereocenters. The first kappa shape index (κ1) is 21.2. The van der Waals surface area contributed by atoms with Crippen LogP contribution in [0, 0.1) is 17.7 Å². The first-order valence-corrected chi connectivity index (χ1v) is 10.7. The minimum absolute atomic E-state index is 0.351. The molecule has 3 aromatic rings. The van der Waals surface area contributed by atoms with Gasteiger partial charge in [-0.25, -0.2) is 4.39 Å². The summed E-state index contributed by atoms with van der Waals surface area (Å²) < 4.78 is 13.8. The van der Waals surface area contributed by atoms with E-state index in [0.717, 1.165) is 17.5 Å². The summed E-state index contributed by atoms with van der Waals surface area (Å²) in [6.45, 7) is 2.25. The maximum absolute atomic E-state index is 13.8. The summed E-state index contributed by atoms with van der Waals surface area (Å²) in [5, 5.41) is 0.375. The van der Waals surface area contributed by atoms with Crippen molar-refractivity contribution in [2.45, 2.75) is 45.4 Å². The molecule has 3 rings (SSSR count). The normalized spacial score (nSPS) is 10.4. The van der Waals surface area contributed by atoms with Crippen LogP contribution in [0.1, 0.15) is 55.7 Å². The number of hydrogen-bond donors (Lipinski definition) is 0. The molecule has 29 heavy (non-hydrogen) atoms. The van der Waals surface area contributed by atoms with Crippen molar-refractivity contribution in [3.63, 3.8) is 0 Å². The van der Waals surface area contributed by atoms with Gasteiger partial charge in [-0.2, -0.15) is 0 Å². The van der Waals surface area contributed by atoms with Crippen molar-refractivity contribution in [1.29, 1.82) is 0 Å². The Morgan fingerprint density at radius 1 is 0.759 bits per heavy atom. The maximum Gasteiger partial charge on any atom is 0.140 e. The van der Waals surface area contributed by atoms with Crippen molar-refractivity contribution < 1.29 is 4.39 Å². The maximum atomic E-state index is 13.8. The average molecular weight is 405 g/mol. The third-order valence-electron chi connectivity index (χ3n) is 5.01. The molecule has 0 aromatic heterocycles. The predicted octanol–water partition coefficient (Wildman–Crippen LogP) is 8.06. The van der Waals surface area contributed by atoms with Crippen LogP contribution in [0.15, 0.2) is 66.7 Å². The van der Waals surface area contributed by atoms with E-state index < -0.39 is 5.82 Å². The van der Waals surface area contributed by atoms with Crippen LogP contribution in [0.5, 0.6) is 0 Å². The molecule has 148 valence electrons. The van der Waals surface area contributed by atoms with Crippen LogP contribution in [0.3, 0.4) is 0 Å². The molecule has 0 heterocycles. The van der Waals surface area contributed by atoms with Gasteiger partial charge >= 0.3 is 0 Å². The number of hydrogen-bond acceptors (Lipinski definition) is 0. The highest BCUT2D eigenvalue weighted by molar-refractivity contribution is 6.30. The van der Waals surface area contributed by atoms with Gasteiger partial charge < -0.3 is 0 Å². The van der Waals surface area contributed by atoms with Gasteiger partial charge in [-0.15, -0.1) is 0 Å². The monoisotopic (exact) mass is 404 g/mol. The summed E-state index contributed by atoms with van der Waals surface area (Å²) in [5.41, 5.74) is 4.96. The molecule has 0 aliphatic rings. The van der Waals surface area contributed by atoms with Gasteiger partial charge in [0.15, 0.2) is 0 Å². The van der Waals surface area contributed by atoms with Crippen LogP contribution in [0.25, 0.3) is 11.1 Å². The Morgan fingerprint density at radius 3 is 2.07 bits per heavy atom. The molecule has 0 aliphatic carbocycles. The Labute approximate surface area is 178 Å². The molecule has 0 N–H and O–H groups in total. The smallest absolute Gasteiger partial charge is 0.140 e. The summed E-state index contributed by atoms with van der Waals surface area (Å²) in [6, 6.07) is 21.4. The second-order valence-corrected chi connectivity index (χ2v) is 7.75. The Kier molecular flexibility index (Phi) is 7.91. The van der Waals surface area contributed by atoms with E-state index >= 15 is 0 Å². The molecule has 0 amide bonds. The Balaban J connectivity index is 1.61. The molecular weight excluding hydrogens is 379 g/mol. The summed E-state index contributed by atoms with van der Waals surface area (Å²) in [4.78, 5) is 0. The van der Waals surface area contributed by atoms with Crippen molar-refractivity contribution in [1.82, 2.24) is 0 Å². The third kappa shape index (κ3) is 6.48. The first-order valence-electron chi connectivity index (χ1n) is 10.3. The standard InChI is InChI=1S/C27H26ClF/c1-2-3-4-5-6-7-21-8-13-23(14-9-21)24-15-10-22(11-16-24)12-17-25-18-19-26(28)20-27(25)29/h8-11,13-16,18-20H,2-7H2,1H3. The zero-order chi connectivity index (χ0) is 20.5. The second kappa shape index (κ2) is 10.8. The molecule has 0 radical (unpaired) electrons.